The lowest BCUT2D eigenvalue weighted by Crippen LogP contribution is -2.00. The molecule has 2 N–H and O–H groups in total. The van der Waals surface area contributed by atoms with Gasteiger partial charge in [0.25, 0.3) is 0 Å². The first-order valence-electron chi connectivity index (χ1n) is 4.64. The number of hydrogen-bond acceptors (Lipinski definition) is 3. The molecule has 2 aromatic heterocycles. The minimum Gasteiger partial charge on any atom is -0.331 e. The molecule has 14 heavy (non-hydrogen) atoms. The first kappa shape index (κ1) is 9.43. The molecule has 0 spiro atoms. The van der Waals surface area contributed by atoms with E-state index in [9.17, 15) is 0 Å². The molecule has 0 fully saturated rings. The van der Waals surface area contributed by atoms with Crippen molar-refractivity contribution >= 4 is 11.3 Å². The molecule has 0 amide bonds. The molecule has 3 nitrogen and oxygen atoms in total. The molecule has 0 bridgehead atoms. The Morgan fingerprint density at radius 3 is 3.14 bits per heavy atom. The minimum atomic E-state index is 0.587. The summed E-state index contributed by atoms with van der Waals surface area (Å²) in [5, 5.41) is 2.06. The van der Waals surface area contributed by atoms with E-state index >= 15 is 0 Å². The Morgan fingerprint density at radius 1 is 1.57 bits per heavy atom. The maximum absolute atomic E-state index is 5.67. The van der Waals surface area contributed by atoms with E-state index in [0.29, 0.717) is 6.54 Å². The molecule has 2 aromatic rings. The second kappa shape index (κ2) is 3.94. The normalized spacial score (nSPS) is 10.7. The summed E-state index contributed by atoms with van der Waals surface area (Å²) in [6, 6.07) is 2.08. The Balaban J connectivity index is 2.48. The average Bonchev–Trinajstić information content (AvgIpc) is 2.85. The van der Waals surface area contributed by atoms with Gasteiger partial charge in [0.15, 0.2) is 0 Å². The van der Waals surface area contributed by atoms with Crippen molar-refractivity contribution in [2.75, 3.05) is 0 Å². The topological polar surface area (TPSA) is 43.8 Å². The predicted molar refractivity (Wildman–Crippen MR) is 59.1 cm³/mol. The number of nitrogens with zero attached hydrogens (tertiary/aromatic N) is 2. The van der Waals surface area contributed by atoms with Crippen molar-refractivity contribution in [2.45, 2.75) is 20.0 Å². The fraction of sp³-hybridized carbons (Fsp3) is 0.300. The van der Waals surface area contributed by atoms with Gasteiger partial charge in [0.1, 0.15) is 5.82 Å². The van der Waals surface area contributed by atoms with E-state index in [1.165, 1.54) is 10.4 Å². The summed E-state index contributed by atoms with van der Waals surface area (Å²) in [6.45, 7) is 3.64. The van der Waals surface area contributed by atoms with Crippen molar-refractivity contribution in [3.63, 3.8) is 0 Å². The second-order valence-electron chi connectivity index (χ2n) is 3.00. The average molecular weight is 207 g/mol. The summed E-state index contributed by atoms with van der Waals surface area (Å²) in [6.07, 6.45) is 3.82. The zero-order chi connectivity index (χ0) is 9.97. The van der Waals surface area contributed by atoms with Gasteiger partial charge in [-0.2, -0.15) is 0 Å². The molecular weight excluding hydrogens is 194 g/mol. The third-order valence-corrected chi connectivity index (χ3v) is 3.17. The molecule has 2 heterocycles. The third kappa shape index (κ3) is 1.47. The number of imidazole rings is 1. The Labute approximate surface area is 87.2 Å². The van der Waals surface area contributed by atoms with Gasteiger partial charge < -0.3 is 10.3 Å². The molecule has 0 radical (unpaired) electrons. The van der Waals surface area contributed by atoms with Crippen molar-refractivity contribution in [3.8, 4) is 11.4 Å². The molecule has 2 rings (SSSR count). The third-order valence-electron chi connectivity index (χ3n) is 2.23. The first-order valence-corrected chi connectivity index (χ1v) is 5.52. The van der Waals surface area contributed by atoms with Gasteiger partial charge in [-0.1, -0.05) is 0 Å². The van der Waals surface area contributed by atoms with Crippen LogP contribution < -0.4 is 5.73 Å². The van der Waals surface area contributed by atoms with E-state index in [1.54, 1.807) is 11.3 Å². The van der Waals surface area contributed by atoms with Crippen molar-refractivity contribution < 1.29 is 0 Å². The van der Waals surface area contributed by atoms with Gasteiger partial charge in [0.2, 0.25) is 0 Å². The Morgan fingerprint density at radius 2 is 2.43 bits per heavy atom. The van der Waals surface area contributed by atoms with Crippen LogP contribution in [-0.4, -0.2) is 9.55 Å². The molecule has 0 saturated heterocycles. The molecule has 0 aliphatic rings. The Bertz CT molecular complexity index is 376. The largest absolute Gasteiger partial charge is 0.331 e. The number of hydrogen-bond donors (Lipinski definition) is 1. The minimum absolute atomic E-state index is 0.587. The van der Waals surface area contributed by atoms with E-state index in [2.05, 4.69) is 27.9 Å². The molecule has 0 unspecified atom stereocenters. The summed E-state index contributed by atoms with van der Waals surface area (Å²) < 4.78 is 2.13. The maximum atomic E-state index is 5.67. The van der Waals surface area contributed by atoms with Crippen LogP contribution in [0.3, 0.4) is 0 Å². The van der Waals surface area contributed by atoms with Gasteiger partial charge in [-0.3, -0.25) is 0 Å². The van der Waals surface area contributed by atoms with Crippen LogP contribution in [0.5, 0.6) is 0 Å². The van der Waals surface area contributed by atoms with Gasteiger partial charge >= 0.3 is 0 Å². The molecule has 0 saturated carbocycles. The van der Waals surface area contributed by atoms with Crippen molar-refractivity contribution in [1.29, 1.82) is 0 Å². The maximum Gasteiger partial charge on any atom is 0.141 e. The number of thiophene rings is 1. The van der Waals surface area contributed by atoms with Crippen LogP contribution in [0, 0.1) is 0 Å². The van der Waals surface area contributed by atoms with Crippen LogP contribution in [0.1, 0.15) is 11.8 Å². The smallest absolute Gasteiger partial charge is 0.141 e. The lowest BCUT2D eigenvalue weighted by molar-refractivity contribution is 0.770. The van der Waals surface area contributed by atoms with Crippen molar-refractivity contribution in [1.82, 2.24) is 9.55 Å². The molecule has 74 valence electrons. The molecule has 0 atom stereocenters. The standard InChI is InChI=1S/C10H13N3S/c1-2-13-5-4-12-10(13)8-3-6-14-9(8)7-11/h3-6H,2,7,11H2,1H3. The zero-order valence-electron chi connectivity index (χ0n) is 8.10. The number of aromatic nitrogens is 2. The SMILES string of the molecule is CCn1ccnc1-c1ccsc1CN. The quantitative estimate of drug-likeness (QED) is 0.837. The first-order chi connectivity index (χ1) is 6.86. The van der Waals surface area contributed by atoms with Gasteiger partial charge in [-0.25, -0.2) is 4.98 Å². The van der Waals surface area contributed by atoms with E-state index in [4.69, 9.17) is 5.73 Å². The highest BCUT2D eigenvalue weighted by Crippen LogP contribution is 2.26. The fourth-order valence-corrected chi connectivity index (χ4v) is 2.26. The summed E-state index contributed by atoms with van der Waals surface area (Å²) in [5.41, 5.74) is 6.84. The number of nitrogens with two attached hydrogens (primary N) is 1. The van der Waals surface area contributed by atoms with Gasteiger partial charge in [-0.15, -0.1) is 11.3 Å². The molecule has 0 aromatic carbocycles. The Hall–Kier alpha value is -1.13. The monoisotopic (exact) mass is 207 g/mol. The summed E-state index contributed by atoms with van der Waals surface area (Å²) in [5.74, 6) is 1.02. The fourth-order valence-electron chi connectivity index (χ4n) is 1.51. The van der Waals surface area contributed by atoms with Crippen molar-refractivity contribution in [3.05, 3.63) is 28.7 Å². The number of aryl methyl sites for hydroxylation is 1. The van der Waals surface area contributed by atoms with Gasteiger partial charge in [0.05, 0.1) is 0 Å². The van der Waals surface area contributed by atoms with Gasteiger partial charge in [-0.05, 0) is 18.4 Å². The van der Waals surface area contributed by atoms with Crippen LogP contribution in [0.15, 0.2) is 23.8 Å². The van der Waals surface area contributed by atoms with E-state index in [1.807, 2.05) is 12.4 Å². The van der Waals surface area contributed by atoms with Gasteiger partial charge in [0, 0.05) is 35.9 Å². The summed E-state index contributed by atoms with van der Waals surface area (Å²) in [4.78, 5) is 5.55. The molecular formula is C10H13N3S. The predicted octanol–water partition coefficient (Wildman–Crippen LogP) is 2.09. The lowest BCUT2D eigenvalue weighted by atomic mass is 10.2. The van der Waals surface area contributed by atoms with Crippen LogP contribution in [0.25, 0.3) is 11.4 Å². The molecule has 0 aliphatic heterocycles. The highest BCUT2D eigenvalue weighted by Gasteiger charge is 2.09. The van der Waals surface area contributed by atoms with E-state index < -0.39 is 0 Å². The Kier molecular flexibility index (Phi) is 2.65. The van der Waals surface area contributed by atoms with Crippen LogP contribution in [-0.2, 0) is 13.1 Å². The van der Waals surface area contributed by atoms with Crippen LogP contribution in [0.4, 0.5) is 0 Å². The zero-order valence-corrected chi connectivity index (χ0v) is 8.92. The molecule has 0 aliphatic carbocycles. The lowest BCUT2D eigenvalue weighted by Gasteiger charge is -2.04. The van der Waals surface area contributed by atoms with Crippen molar-refractivity contribution in [2.24, 2.45) is 5.73 Å². The van der Waals surface area contributed by atoms with Crippen LogP contribution in [0.2, 0.25) is 0 Å². The highest BCUT2D eigenvalue weighted by molar-refractivity contribution is 7.10. The summed E-state index contributed by atoms with van der Waals surface area (Å²) >= 11 is 1.69. The number of rotatable bonds is 3. The second-order valence-corrected chi connectivity index (χ2v) is 4.00. The van der Waals surface area contributed by atoms with Crippen LogP contribution >= 0.6 is 11.3 Å². The highest BCUT2D eigenvalue weighted by atomic mass is 32.1. The van der Waals surface area contributed by atoms with E-state index in [0.717, 1.165) is 12.4 Å². The summed E-state index contributed by atoms with van der Waals surface area (Å²) in [7, 11) is 0. The molecule has 4 heteroatoms. The van der Waals surface area contributed by atoms with E-state index in [-0.39, 0.29) is 0 Å².